The number of fused-ring (bicyclic) bond motifs is 1. The molecule has 3 heterocycles. The van der Waals surface area contributed by atoms with Crippen LogP contribution in [0.15, 0.2) is 18.3 Å². The molecule has 2 aliphatic rings. The summed E-state index contributed by atoms with van der Waals surface area (Å²) in [6.07, 6.45) is 7.05. The normalized spacial score (nSPS) is 21.6. The summed E-state index contributed by atoms with van der Waals surface area (Å²) in [6, 6.07) is 4.77. The SMILES string of the molecule is c1cnc2c(c1)nc(C1CCSCC1)n2C1CC1. The van der Waals surface area contributed by atoms with E-state index in [0.29, 0.717) is 12.0 Å². The highest BCUT2D eigenvalue weighted by Gasteiger charge is 2.31. The van der Waals surface area contributed by atoms with Gasteiger partial charge in [0.15, 0.2) is 5.65 Å². The zero-order valence-electron chi connectivity index (χ0n) is 10.4. The monoisotopic (exact) mass is 259 g/mol. The molecule has 94 valence electrons. The largest absolute Gasteiger partial charge is 0.309 e. The zero-order valence-corrected chi connectivity index (χ0v) is 11.2. The third-order valence-electron chi connectivity index (χ3n) is 3.97. The Bertz CT molecular complexity index is 567. The average molecular weight is 259 g/mol. The number of thioether (sulfide) groups is 1. The summed E-state index contributed by atoms with van der Waals surface area (Å²) in [4.78, 5) is 9.44. The molecule has 0 aromatic carbocycles. The Morgan fingerprint density at radius 3 is 2.78 bits per heavy atom. The van der Waals surface area contributed by atoms with Crippen LogP contribution in [0, 0.1) is 0 Å². The lowest BCUT2D eigenvalue weighted by molar-refractivity contribution is 0.555. The molecule has 0 amide bonds. The Kier molecular flexibility index (Phi) is 2.57. The quantitative estimate of drug-likeness (QED) is 0.828. The summed E-state index contributed by atoms with van der Waals surface area (Å²) < 4.78 is 2.44. The van der Waals surface area contributed by atoms with E-state index in [4.69, 9.17) is 4.98 Å². The summed E-state index contributed by atoms with van der Waals surface area (Å²) in [5.74, 6) is 4.53. The first-order chi connectivity index (χ1) is 8.93. The number of rotatable bonds is 2. The van der Waals surface area contributed by atoms with Crippen molar-refractivity contribution in [1.82, 2.24) is 14.5 Å². The summed E-state index contributed by atoms with van der Waals surface area (Å²) in [5, 5.41) is 0. The molecule has 0 unspecified atom stereocenters. The fourth-order valence-electron chi connectivity index (χ4n) is 2.88. The van der Waals surface area contributed by atoms with E-state index >= 15 is 0 Å². The summed E-state index contributed by atoms with van der Waals surface area (Å²) in [6.45, 7) is 0. The molecule has 4 heteroatoms. The minimum absolute atomic E-state index is 0.654. The molecular weight excluding hydrogens is 242 g/mol. The van der Waals surface area contributed by atoms with Crippen LogP contribution >= 0.6 is 11.8 Å². The Morgan fingerprint density at radius 2 is 2.00 bits per heavy atom. The third kappa shape index (κ3) is 1.74. The zero-order chi connectivity index (χ0) is 11.9. The molecule has 0 N–H and O–H groups in total. The molecule has 0 bridgehead atoms. The van der Waals surface area contributed by atoms with E-state index in [1.165, 1.54) is 43.0 Å². The first kappa shape index (κ1) is 10.9. The Hall–Kier alpha value is -1.03. The van der Waals surface area contributed by atoms with E-state index < -0.39 is 0 Å². The molecular formula is C14H17N3S. The van der Waals surface area contributed by atoms with E-state index in [0.717, 1.165) is 11.2 Å². The molecule has 4 rings (SSSR count). The van der Waals surface area contributed by atoms with Gasteiger partial charge >= 0.3 is 0 Å². The lowest BCUT2D eigenvalue weighted by Gasteiger charge is -2.21. The first-order valence-corrected chi connectivity index (χ1v) is 7.99. The van der Waals surface area contributed by atoms with Crippen LogP contribution in [0.5, 0.6) is 0 Å². The van der Waals surface area contributed by atoms with E-state index in [1.807, 2.05) is 12.3 Å². The number of aromatic nitrogens is 3. The molecule has 2 aromatic heterocycles. The maximum atomic E-state index is 4.89. The van der Waals surface area contributed by atoms with Gasteiger partial charge in [-0.1, -0.05) is 0 Å². The van der Waals surface area contributed by atoms with Crippen LogP contribution in [-0.4, -0.2) is 26.0 Å². The first-order valence-electron chi connectivity index (χ1n) is 6.84. The van der Waals surface area contributed by atoms with Crippen molar-refractivity contribution in [2.24, 2.45) is 0 Å². The van der Waals surface area contributed by atoms with Crippen LogP contribution in [-0.2, 0) is 0 Å². The van der Waals surface area contributed by atoms with Gasteiger partial charge in [0.25, 0.3) is 0 Å². The van der Waals surface area contributed by atoms with Crippen LogP contribution in [0.3, 0.4) is 0 Å². The minimum Gasteiger partial charge on any atom is -0.309 e. The van der Waals surface area contributed by atoms with Gasteiger partial charge in [0.05, 0.1) is 0 Å². The van der Waals surface area contributed by atoms with Crippen LogP contribution in [0.2, 0.25) is 0 Å². The topological polar surface area (TPSA) is 30.7 Å². The van der Waals surface area contributed by atoms with Gasteiger partial charge in [-0.3, -0.25) is 0 Å². The van der Waals surface area contributed by atoms with E-state index in [1.54, 1.807) is 0 Å². The minimum atomic E-state index is 0.654. The Morgan fingerprint density at radius 1 is 1.17 bits per heavy atom. The predicted octanol–water partition coefficient (Wildman–Crippen LogP) is 3.38. The van der Waals surface area contributed by atoms with Gasteiger partial charge in [-0.15, -0.1) is 0 Å². The fraction of sp³-hybridized carbons (Fsp3) is 0.571. The molecule has 0 atom stereocenters. The molecule has 0 radical (unpaired) electrons. The van der Waals surface area contributed by atoms with Crippen molar-refractivity contribution in [3.8, 4) is 0 Å². The van der Waals surface area contributed by atoms with Crippen LogP contribution in [0.1, 0.15) is 43.5 Å². The van der Waals surface area contributed by atoms with Gasteiger partial charge in [-0.05, 0) is 49.3 Å². The van der Waals surface area contributed by atoms with Gasteiger partial charge < -0.3 is 4.57 Å². The number of pyridine rings is 1. The molecule has 2 fully saturated rings. The highest BCUT2D eigenvalue weighted by Crippen LogP contribution is 2.41. The highest BCUT2D eigenvalue weighted by molar-refractivity contribution is 7.99. The molecule has 1 saturated heterocycles. The van der Waals surface area contributed by atoms with Gasteiger partial charge in [-0.25, -0.2) is 9.97 Å². The second kappa shape index (κ2) is 4.26. The molecule has 1 aliphatic heterocycles. The number of nitrogens with zero attached hydrogens (tertiary/aromatic N) is 3. The van der Waals surface area contributed by atoms with Crippen molar-refractivity contribution < 1.29 is 0 Å². The summed E-state index contributed by atoms with van der Waals surface area (Å²) in [7, 11) is 0. The number of imidazole rings is 1. The molecule has 1 saturated carbocycles. The highest BCUT2D eigenvalue weighted by atomic mass is 32.2. The van der Waals surface area contributed by atoms with Crippen LogP contribution in [0.4, 0.5) is 0 Å². The van der Waals surface area contributed by atoms with Gasteiger partial charge in [0, 0.05) is 18.2 Å². The van der Waals surface area contributed by atoms with Crippen molar-refractivity contribution in [3.05, 3.63) is 24.2 Å². The molecule has 1 aliphatic carbocycles. The van der Waals surface area contributed by atoms with Gasteiger partial charge in [0.2, 0.25) is 0 Å². The average Bonchev–Trinajstić information content (AvgIpc) is 3.19. The van der Waals surface area contributed by atoms with Gasteiger partial charge in [0.1, 0.15) is 11.3 Å². The van der Waals surface area contributed by atoms with Crippen molar-refractivity contribution in [3.63, 3.8) is 0 Å². The van der Waals surface area contributed by atoms with E-state index in [2.05, 4.69) is 27.4 Å². The van der Waals surface area contributed by atoms with Crippen molar-refractivity contribution in [2.45, 2.75) is 37.6 Å². The van der Waals surface area contributed by atoms with Crippen LogP contribution in [0.25, 0.3) is 11.2 Å². The van der Waals surface area contributed by atoms with Crippen molar-refractivity contribution in [2.75, 3.05) is 11.5 Å². The smallest absolute Gasteiger partial charge is 0.160 e. The van der Waals surface area contributed by atoms with Crippen LogP contribution < -0.4 is 0 Å². The van der Waals surface area contributed by atoms with Crippen molar-refractivity contribution >= 4 is 22.9 Å². The summed E-state index contributed by atoms with van der Waals surface area (Å²) >= 11 is 2.08. The molecule has 0 spiro atoms. The fourth-order valence-corrected chi connectivity index (χ4v) is 3.99. The molecule has 2 aromatic rings. The maximum Gasteiger partial charge on any atom is 0.160 e. The second-order valence-corrected chi connectivity index (χ2v) is 6.53. The third-order valence-corrected chi connectivity index (χ3v) is 5.02. The Balaban J connectivity index is 1.84. The lowest BCUT2D eigenvalue weighted by Crippen LogP contribution is -2.13. The standard InChI is InChI=1S/C14H17N3S/c1-2-12-14(15-7-1)17(11-3-4-11)13(16-12)10-5-8-18-9-6-10/h1-2,7,10-11H,3-6,8-9H2. The van der Waals surface area contributed by atoms with Gasteiger partial charge in [-0.2, -0.15) is 11.8 Å². The lowest BCUT2D eigenvalue weighted by atomic mass is 10.0. The molecule has 3 nitrogen and oxygen atoms in total. The molecule has 18 heavy (non-hydrogen) atoms. The van der Waals surface area contributed by atoms with E-state index in [9.17, 15) is 0 Å². The predicted molar refractivity (Wildman–Crippen MR) is 75.1 cm³/mol. The second-order valence-electron chi connectivity index (χ2n) is 5.30. The number of hydrogen-bond acceptors (Lipinski definition) is 3. The Labute approximate surface area is 111 Å². The number of hydrogen-bond donors (Lipinski definition) is 0. The van der Waals surface area contributed by atoms with E-state index in [-0.39, 0.29) is 0 Å². The maximum absolute atomic E-state index is 4.89. The summed E-state index contributed by atoms with van der Waals surface area (Å²) in [5.41, 5.74) is 2.19. The van der Waals surface area contributed by atoms with Crippen molar-refractivity contribution in [1.29, 1.82) is 0 Å².